The van der Waals surface area contributed by atoms with Gasteiger partial charge in [-0.1, -0.05) is 17.7 Å². The van der Waals surface area contributed by atoms with Crippen molar-refractivity contribution in [2.45, 2.75) is 53.2 Å². The minimum Gasteiger partial charge on any atom is -0.352 e. The van der Waals surface area contributed by atoms with Crippen molar-refractivity contribution < 1.29 is 4.79 Å². The molecule has 0 bridgehead atoms. The number of rotatable bonds is 8. The van der Waals surface area contributed by atoms with Crippen LogP contribution in [0, 0.1) is 20.8 Å². The molecule has 0 radical (unpaired) electrons. The SMILES string of the molecule is Cc1ccn(CCc2c(C)n[nH]c2C)c(=O)c1CC(=O)NCc1cc(Cl)ccc1CN. The Morgan fingerprint density at radius 2 is 1.97 bits per heavy atom. The highest BCUT2D eigenvalue weighted by Crippen LogP contribution is 2.16. The number of hydrogen-bond donors (Lipinski definition) is 3. The molecule has 0 spiro atoms. The fourth-order valence-corrected chi connectivity index (χ4v) is 3.85. The Balaban J connectivity index is 1.70. The van der Waals surface area contributed by atoms with Gasteiger partial charge in [0, 0.05) is 42.1 Å². The molecule has 1 aromatic carbocycles. The van der Waals surface area contributed by atoms with E-state index in [1.165, 1.54) is 0 Å². The molecule has 0 saturated carbocycles. The second kappa shape index (κ2) is 9.94. The van der Waals surface area contributed by atoms with Crippen molar-refractivity contribution in [3.8, 4) is 0 Å². The van der Waals surface area contributed by atoms with Gasteiger partial charge in [0.05, 0.1) is 12.1 Å². The highest BCUT2D eigenvalue weighted by molar-refractivity contribution is 6.30. The highest BCUT2D eigenvalue weighted by atomic mass is 35.5. The third-order valence-corrected chi connectivity index (χ3v) is 5.82. The zero-order valence-electron chi connectivity index (χ0n) is 18.1. The summed E-state index contributed by atoms with van der Waals surface area (Å²) < 4.78 is 1.66. The van der Waals surface area contributed by atoms with Gasteiger partial charge in [-0.3, -0.25) is 14.7 Å². The number of halogens is 1. The van der Waals surface area contributed by atoms with Gasteiger partial charge in [-0.15, -0.1) is 0 Å². The molecule has 0 saturated heterocycles. The summed E-state index contributed by atoms with van der Waals surface area (Å²) in [5, 5.41) is 10.6. The molecule has 2 heterocycles. The summed E-state index contributed by atoms with van der Waals surface area (Å²) >= 11 is 6.06. The van der Waals surface area contributed by atoms with E-state index >= 15 is 0 Å². The van der Waals surface area contributed by atoms with Gasteiger partial charge in [0.1, 0.15) is 0 Å². The number of nitrogens with one attached hydrogen (secondary N) is 2. The smallest absolute Gasteiger partial charge is 0.254 e. The maximum Gasteiger partial charge on any atom is 0.254 e. The van der Waals surface area contributed by atoms with Gasteiger partial charge in [0.15, 0.2) is 0 Å². The normalized spacial score (nSPS) is 11.0. The quantitative estimate of drug-likeness (QED) is 0.499. The minimum absolute atomic E-state index is 0.0216. The molecule has 7 nitrogen and oxygen atoms in total. The van der Waals surface area contributed by atoms with Crippen LogP contribution in [0.25, 0.3) is 0 Å². The molecule has 0 fully saturated rings. The Hall–Kier alpha value is -2.90. The van der Waals surface area contributed by atoms with Crippen molar-refractivity contribution in [2.75, 3.05) is 0 Å². The first-order valence-corrected chi connectivity index (χ1v) is 10.6. The van der Waals surface area contributed by atoms with E-state index in [1.807, 2.05) is 32.9 Å². The monoisotopic (exact) mass is 441 g/mol. The molecule has 0 aliphatic heterocycles. The predicted octanol–water partition coefficient (Wildman–Crippen LogP) is 2.71. The average Bonchev–Trinajstić information content (AvgIpc) is 3.06. The Labute approximate surface area is 186 Å². The zero-order valence-corrected chi connectivity index (χ0v) is 18.8. The number of carbonyl (C=O) groups excluding carboxylic acids is 1. The van der Waals surface area contributed by atoms with Crippen molar-refractivity contribution in [1.29, 1.82) is 0 Å². The van der Waals surface area contributed by atoms with Crippen molar-refractivity contribution in [1.82, 2.24) is 20.1 Å². The molecular weight excluding hydrogens is 414 g/mol. The lowest BCUT2D eigenvalue weighted by Gasteiger charge is -2.13. The van der Waals surface area contributed by atoms with Crippen LogP contribution in [0.5, 0.6) is 0 Å². The summed E-state index contributed by atoms with van der Waals surface area (Å²) in [6.07, 6.45) is 2.50. The third-order valence-electron chi connectivity index (χ3n) is 5.58. The number of H-pyrrole nitrogens is 1. The predicted molar refractivity (Wildman–Crippen MR) is 122 cm³/mol. The van der Waals surface area contributed by atoms with E-state index in [4.69, 9.17) is 17.3 Å². The first-order chi connectivity index (χ1) is 14.8. The van der Waals surface area contributed by atoms with Crippen LogP contribution < -0.4 is 16.6 Å². The molecular formula is C23H28ClN5O2. The fourth-order valence-electron chi connectivity index (χ4n) is 3.65. The molecule has 4 N–H and O–H groups in total. The number of amides is 1. The lowest BCUT2D eigenvalue weighted by molar-refractivity contribution is -0.120. The number of nitrogens with zero attached hydrogens (tertiary/aromatic N) is 2. The maximum absolute atomic E-state index is 13.0. The molecule has 164 valence electrons. The number of aromatic amines is 1. The van der Waals surface area contributed by atoms with Crippen LogP contribution >= 0.6 is 11.6 Å². The Bertz CT molecular complexity index is 1130. The number of hydrogen-bond acceptors (Lipinski definition) is 4. The molecule has 2 aromatic heterocycles. The molecule has 8 heteroatoms. The van der Waals surface area contributed by atoms with E-state index in [1.54, 1.807) is 22.9 Å². The summed E-state index contributed by atoms with van der Waals surface area (Å²) in [4.78, 5) is 25.6. The third kappa shape index (κ3) is 5.42. The van der Waals surface area contributed by atoms with Crippen LogP contribution in [0.4, 0.5) is 0 Å². The molecule has 3 aromatic rings. The highest BCUT2D eigenvalue weighted by Gasteiger charge is 2.14. The van der Waals surface area contributed by atoms with Gasteiger partial charge in [0.2, 0.25) is 5.91 Å². The van der Waals surface area contributed by atoms with Crippen LogP contribution in [0.3, 0.4) is 0 Å². The van der Waals surface area contributed by atoms with Crippen LogP contribution in [0.1, 0.15) is 39.2 Å². The van der Waals surface area contributed by atoms with E-state index in [-0.39, 0.29) is 17.9 Å². The van der Waals surface area contributed by atoms with Gasteiger partial charge in [0.25, 0.3) is 5.56 Å². The van der Waals surface area contributed by atoms with Crippen molar-refractivity contribution >= 4 is 17.5 Å². The molecule has 0 aliphatic rings. The minimum atomic E-state index is -0.220. The Morgan fingerprint density at radius 3 is 2.65 bits per heavy atom. The molecule has 3 rings (SSSR count). The molecule has 1 amide bonds. The van der Waals surface area contributed by atoms with Crippen LogP contribution in [-0.4, -0.2) is 20.7 Å². The Kier molecular flexibility index (Phi) is 7.30. The van der Waals surface area contributed by atoms with E-state index < -0.39 is 0 Å². The topological polar surface area (TPSA) is 106 Å². The summed E-state index contributed by atoms with van der Waals surface area (Å²) in [7, 11) is 0. The summed E-state index contributed by atoms with van der Waals surface area (Å²) in [6, 6.07) is 7.30. The van der Waals surface area contributed by atoms with E-state index in [9.17, 15) is 9.59 Å². The lowest BCUT2D eigenvalue weighted by atomic mass is 10.1. The van der Waals surface area contributed by atoms with Gasteiger partial charge in [-0.25, -0.2) is 0 Å². The Morgan fingerprint density at radius 1 is 1.19 bits per heavy atom. The van der Waals surface area contributed by atoms with Crippen molar-refractivity contribution in [3.63, 3.8) is 0 Å². The standard InChI is InChI=1S/C23H28ClN5O2/c1-14-6-8-29(9-7-20-15(2)27-28-16(20)3)23(31)21(14)11-22(30)26-13-18-10-19(24)5-4-17(18)12-25/h4-6,8,10H,7,9,11-13,25H2,1-3H3,(H,26,30)(H,27,28). The maximum atomic E-state index is 13.0. The first kappa shape index (κ1) is 22.8. The second-order valence-corrected chi connectivity index (χ2v) is 8.15. The number of aromatic nitrogens is 3. The van der Waals surface area contributed by atoms with Crippen molar-refractivity contribution in [2.24, 2.45) is 5.73 Å². The van der Waals surface area contributed by atoms with Crippen molar-refractivity contribution in [3.05, 3.63) is 85.0 Å². The molecule has 0 aliphatic carbocycles. The number of nitrogens with two attached hydrogens (primary N) is 1. The number of carbonyl (C=O) groups is 1. The first-order valence-electron chi connectivity index (χ1n) is 10.2. The summed E-state index contributed by atoms with van der Waals surface area (Å²) in [6.45, 7) is 6.96. The number of pyridine rings is 1. The van der Waals surface area contributed by atoms with Crippen LogP contribution in [0.15, 0.2) is 35.3 Å². The number of benzene rings is 1. The van der Waals surface area contributed by atoms with Crippen LogP contribution in [0.2, 0.25) is 5.02 Å². The van der Waals surface area contributed by atoms with Gasteiger partial charge in [-0.05, 0) is 67.6 Å². The average molecular weight is 442 g/mol. The second-order valence-electron chi connectivity index (χ2n) is 7.71. The van der Waals surface area contributed by atoms with E-state index in [0.717, 1.165) is 33.6 Å². The molecule has 0 unspecified atom stereocenters. The lowest BCUT2D eigenvalue weighted by Crippen LogP contribution is -2.31. The summed E-state index contributed by atoms with van der Waals surface area (Å²) in [5.74, 6) is -0.220. The van der Waals surface area contributed by atoms with Gasteiger partial charge < -0.3 is 15.6 Å². The molecule has 0 atom stereocenters. The van der Waals surface area contributed by atoms with E-state index in [0.29, 0.717) is 36.6 Å². The molecule has 31 heavy (non-hydrogen) atoms. The number of aryl methyl sites for hydroxylation is 4. The van der Waals surface area contributed by atoms with Gasteiger partial charge in [-0.2, -0.15) is 5.10 Å². The largest absolute Gasteiger partial charge is 0.352 e. The summed E-state index contributed by atoms with van der Waals surface area (Å²) in [5.41, 5.74) is 11.8. The fraction of sp³-hybridized carbons (Fsp3) is 0.348. The zero-order chi connectivity index (χ0) is 22.5. The van der Waals surface area contributed by atoms with Crippen LogP contribution in [-0.2, 0) is 37.3 Å². The van der Waals surface area contributed by atoms with E-state index in [2.05, 4.69) is 15.5 Å². The van der Waals surface area contributed by atoms with Gasteiger partial charge >= 0.3 is 0 Å².